The van der Waals surface area contributed by atoms with Gasteiger partial charge >= 0.3 is 0 Å². The minimum absolute atomic E-state index is 0.0146. The Morgan fingerprint density at radius 3 is 2.53 bits per heavy atom. The summed E-state index contributed by atoms with van der Waals surface area (Å²) in [5.41, 5.74) is 5.97. The zero-order chi connectivity index (χ0) is 20.9. The first-order valence-corrected chi connectivity index (χ1v) is 9.51. The van der Waals surface area contributed by atoms with E-state index in [1.807, 2.05) is 48.7 Å². The summed E-state index contributed by atoms with van der Waals surface area (Å²) < 4.78 is 1.75. The van der Waals surface area contributed by atoms with Crippen LogP contribution in [0, 0.1) is 0 Å². The number of aromatic hydroxyl groups is 1. The molecule has 0 fully saturated rings. The number of hydrogen-bond acceptors (Lipinski definition) is 4. The van der Waals surface area contributed by atoms with Crippen LogP contribution in [0.5, 0.6) is 5.75 Å². The first-order valence-electron chi connectivity index (χ1n) is 9.13. The molecule has 0 saturated heterocycles. The maximum absolute atomic E-state index is 12.2. The molecule has 0 spiro atoms. The Morgan fingerprint density at radius 1 is 1.03 bits per heavy atom. The molecule has 1 aromatic heterocycles. The van der Waals surface area contributed by atoms with Crippen LogP contribution in [0.25, 0.3) is 16.9 Å². The van der Waals surface area contributed by atoms with Crippen molar-refractivity contribution in [2.45, 2.75) is 0 Å². The Bertz CT molecular complexity index is 1200. The number of phenolic OH excluding ortho intramolecular Hbond substituents is 1. The van der Waals surface area contributed by atoms with E-state index in [-0.39, 0.29) is 5.75 Å². The van der Waals surface area contributed by atoms with Gasteiger partial charge in [-0.3, -0.25) is 4.79 Å². The molecule has 0 saturated carbocycles. The van der Waals surface area contributed by atoms with E-state index in [4.69, 9.17) is 11.6 Å². The first-order chi connectivity index (χ1) is 14.6. The van der Waals surface area contributed by atoms with E-state index in [0.717, 1.165) is 16.8 Å². The van der Waals surface area contributed by atoms with Crippen LogP contribution >= 0.6 is 11.6 Å². The molecule has 0 aliphatic carbocycles. The number of carbonyl (C=O) groups excluding carboxylic acids is 1. The molecular formula is C23H17ClN4O2. The van der Waals surface area contributed by atoms with Gasteiger partial charge in [0.15, 0.2) is 0 Å². The lowest BCUT2D eigenvalue weighted by Gasteiger charge is -2.01. The predicted octanol–water partition coefficient (Wildman–Crippen LogP) is 4.66. The molecule has 1 amide bonds. The molecule has 148 valence electrons. The lowest BCUT2D eigenvalue weighted by atomic mass is 10.1. The van der Waals surface area contributed by atoms with Crippen molar-refractivity contribution in [1.82, 2.24) is 15.2 Å². The monoisotopic (exact) mass is 416 g/mol. The normalized spacial score (nSPS) is 11.0. The van der Waals surface area contributed by atoms with Gasteiger partial charge in [-0.05, 0) is 42.5 Å². The number of nitrogens with zero attached hydrogens (tertiary/aromatic N) is 3. The van der Waals surface area contributed by atoms with Gasteiger partial charge < -0.3 is 5.11 Å². The molecule has 30 heavy (non-hydrogen) atoms. The zero-order valence-corrected chi connectivity index (χ0v) is 16.5. The van der Waals surface area contributed by atoms with Crippen LogP contribution in [0.3, 0.4) is 0 Å². The molecule has 6 nitrogen and oxygen atoms in total. The van der Waals surface area contributed by atoms with E-state index in [2.05, 4.69) is 15.6 Å². The van der Waals surface area contributed by atoms with E-state index in [0.29, 0.717) is 16.3 Å². The van der Waals surface area contributed by atoms with E-state index in [9.17, 15) is 9.90 Å². The van der Waals surface area contributed by atoms with Crippen LogP contribution in [-0.4, -0.2) is 27.0 Å². The number of hydrazone groups is 1. The largest absolute Gasteiger partial charge is 0.508 e. The van der Waals surface area contributed by atoms with Crippen LogP contribution in [0.1, 0.15) is 15.9 Å². The minimum atomic E-state index is -0.425. The summed E-state index contributed by atoms with van der Waals surface area (Å²) >= 11 is 6.01. The summed E-state index contributed by atoms with van der Waals surface area (Å²) in [4.78, 5) is 12.2. The zero-order valence-electron chi connectivity index (χ0n) is 15.7. The molecule has 0 radical (unpaired) electrons. The third-order valence-electron chi connectivity index (χ3n) is 4.36. The van der Waals surface area contributed by atoms with Gasteiger partial charge in [-0.15, -0.1) is 0 Å². The maximum Gasteiger partial charge on any atom is 0.271 e. The third kappa shape index (κ3) is 4.39. The fourth-order valence-corrected chi connectivity index (χ4v) is 3.02. The quantitative estimate of drug-likeness (QED) is 0.366. The highest BCUT2D eigenvalue weighted by Gasteiger charge is 2.12. The molecular weight excluding hydrogens is 400 g/mol. The molecule has 4 rings (SSSR count). The summed E-state index contributed by atoms with van der Waals surface area (Å²) in [6.45, 7) is 0. The highest BCUT2D eigenvalue weighted by Crippen LogP contribution is 2.24. The van der Waals surface area contributed by atoms with Gasteiger partial charge in [0.25, 0.3) is 5.91 Å². The highest BCUT2D eigenvalue weighted by atomic mass is 35.5. The van der Waals surface area contributed by atoms with Crippen LogP contribution < -0.4 is 5.43 Å². The van der Waals surface area contributed by atoms with Crippen molar-refractivity contribution >= 4 is 23.7 Å². The van der Waals surface area contributed by atoms with Gasteiger partial charge in [-0.2, -0.15) is 10.2 Å². The molecule has 4 aromatic rings. The van der Waals surface area contributed by atoms with Crippen molar-refractivity contribution in [3.05, 3.63) is 101 Å². The minimum Gasteiger partial charge on any atom is -0.508 e. The lowest BCUT2D eigenvalue weighted by Crippen LogP contribution is -2.17. The van der Waals surface area contributed by atoms with Gasteiger partial charge in [0, 0.05) is 27.9 Å². The number of para-hydroxylation sites is 1. The van der Waals surface area contributed by atoms with Crippen molar-refractivity contribution in [2.24, 2.45) is 5.10 Å². The number of nitrogens with one attached hydrogen (secondary N) is 1. The average Bonchev–Trinajstić information content (AvgIpc) is 3.19. The second kappa shape index (κ2) is 8.63. The molecule has 7 heteroatoms. The molecule has 0 aliphatic rings. The fourth-order valence-electron chi connectivity index (χ4n) is 2.90. The second-order valence-corrected chi connectivity index (χ2v) is 6.91. The number of halogens is 1. The summed E-state index contributed by atoms with van der Waals surface area (Å²) in [6.07, 6.45) is 3.38. The van der Waals surface area contributed by atoms with Crippen molar-refractivity contribution < 1.29 is 9.90 Å². The summed E-state index contributed by atoms with van der Waals surface area (Å²) in [5, 5.41) is 18.9. The third-order valence-corrected chi connectivity index (χ3v) is 4.61. The maximum atomic E-state index is 12.2. The fraction of sp³-hybridized carbons (Fsp3) is 0. The van der Waals surface area contributed by atoms with Gasteiger partial charge in [0.2, 0.25) is 0 Å². The molecule has 0 aliphatic heterocycles. The number of aromatic nitrogens is 2. The van der Waals surface area contributed by atoms with Crippen LogP contribution in [0.2, 0.25) is 5.02 Å². The van der Waals surface area contributed by atoms with Crippen molar-refractivity contribution in [3.63, 3.8) is 0 Å². The Hall–Kier alpha value is -3.90. The van der Waals surface area contributed by atoms with Crippen LogP contribution in [0.15, 0.2) is 90.2 Å². The summed E-state index contributed by atoms with van der Waals surface area (Å²) in [5.74, 6) is -0.411. The van der Waals surface area contributed by atoms with Gasteiger partial charge in [-0.1, -0.05) is 48.0 Å². The molecule has 1 heterocycles. The van der Waals surface area contributed by atoms with Crippen molar-refractivity contribution in [1.29, 1.82) is 0 Å². The lowest BCUT2D eigenvalue weighted by molar-refractivity contribution is 0.0954. The Morgan fingerprint density at radius 2 is 1.80 bits per heavy atom. The molecule has 2 N–H and O–H groups in total. The molecule has 0 unspecified atom stereocenters. The van der Waals surface area contributed by atoms with Crippen molar-refractivity contribution in [2.75, 3.05) is 0 Å². The van der Waals surface area contributed by atoms with E-state index in [1.165, 1.54) is 18.3 Å². The molecule has 0 bridgehead atoms. The molecule has 0 atom stereocenters. The van der Waals surface area contributed by atoms with E-state index in [1.54, 1.807) is 28.9 Å². The number of hydrogen-bond donors (Lipinski definition) is 2. The topological polar surface area (TPSA) is 79.5 Å². The van der Waals surface area contributed by atoms with Crippen molar-refractivity contribution in [3.8, 4) is 22.7 Å². The predicted molar refractivity (Wildman–Crippen MR) is 117 cm³/mol. The van der Waals surface area contributed by atoms with Crippen LogP contribution in [0.4, 0.5) is 0 Å². The van der Waals surface area contributed by atoms with Crippen LogP contribution in [-0.2, 0) is 0 Å². The number of carbonyl (C=O) groups is 1. The smallest absolute Gasteiger partial charge is 0.271 e. The standard InChI is InChI=1S/C23H17ClN4O2/c24-19-11-9-16(10-12-19)22-18(15-28(27-22)20-6-2-1-3-7-20)14-25-26-23(30)17-5-4-8-21(29)13-17/h1-15,29H,(H,26,30)/b25-14-. The van der Waals surface area contributed by atoms with Gasteiger partial charge in [0.1, 0.15) is 11.4 Å². The second-order valence-electron chi connectivity index (χ2n) is 6.47. The SMILES string of the molecule is O=C(N/N=C\c1cn(-c2ccccc2)nc1-c1ccc(Cl)cc1)c1cccc(O)c1. The summed E-state index contributed by atoms with van der Waals surface area (Å²) in [7, 11) is 0. The molecule has 3 aromatic carbocycles. The summed E-state index contributed by atoms with van der Waals surface area (Å²) in [6, 6.07) is 23.1. The van der Waals surface area contributed by atoms with Gasteiger partial charge in [0.05, 0.1) is 11.9 Å². The highest BCUT2D eigenvalue weighted by molar-refractivity contribution is 6.30. The number of amides is 1. The first kappa shape index (κ1) is 19.4. The van der Waals surface area contributed by atoms with E-state index < -0.39 is 5.91 Å². The average molecular weight is 417 g/mol. The number of phenols is 1. The van der Waals surface area contributed by atoms with Gasteiger partial charge in [-0.25, -0.2) is 10.1 Å². The Kier molecular flexibility index (Phi) is 5.59. The van der Waals surface area contributed by atoms with E-state index >= 15 is 0 Å². The Balaban J connectivity index is 1.64. The Labute approximate surface area is 178 Å². The number of rotatable bonds is 5. The number of benzene rings is 3.